The Labute approximate surface area is 190 Å². The predicted molar refractivity (Wildman–Crippen MR) is 119 cm³/mol. The number of nitrogens with one attached hydrogen (secondary N) is 3. The molecule has 4 rings (SSSR count). The van der Waals surface area contributed by atoms with Crippen LogP contribution in [0.25, 0.3) is 0 Å². The Morgan fingerprint density at radius 3 is 2.39 bits per heavy atom. The number of hydrazine groups is 1. The third-order valence-electron chi connectivity index (χ3n) is 4.82. The second kappa shape index (κ2) is 9.72. The number of carbonyl (C=O) groups is 2. The summed E-state index contributed by atoms with van der Waals surface area (Å²) in [5.74, 6) is -0.327. The predicted octanol–water partition coefficient (Wildman–Crippen LogP) is 1.77. The van der Waals surface area contributed by atoms with Crippen molar-refractivity contribution in [2.45, 2.75) is 17.5 Å². The summed E-state index contributed by atoms with van der Waals surface area (Å²) in [5, 5.41) is 0. The molecule has 3 aromatic rings. The Morgan fingerprint density at radius 1 is 0.879 bits per heavy atom. The number of fused-ring (bicyclic) bond motifs is 1. The van der Waals surface area contributed by atoms with Gasteiger partial charge in [-0.05, 0) is 35.9 Å². The second-order valence-corrected chi connectivity index (χ2v) is 8.91. The summed E-state index contributed by atoms with van der Waals surface area (Å²) in [7, 11) is -3.85. The fourth-order valence-electron chi connectivity index (χ4n) is 3.08. The van der Waals surface area contributed by atoms with E-state index in [1.165, 1.54) is 24.3 Å². The summed E-state index contributed by atoms with van der Waals surface area (Å²) in [6.45, 7) is 0.0990. The lowest BCUT2D eigenvalue weighted by Crippen LogP contribution is -2.50. The Kier molecular flexibility index (Phi) is 6.57. The first-order chi connectivity index (χ1) is 15.9. The van der Waals surface area contributed by atoms with Gasteiger partial charge in [0.1, 0.15) is 6.61 Å². The summed E-state index contributed by atoms with van der Waals surface area (Å²) in [4.78, 5) is 24.8. The maximum Gasteiger partial charge on any atom is 0.283 e. The molecule has 0 aliphatic carbocycles. The molecule has 1 atom stereocenters. The summed E-state index contributed by atoms with van der Waals surface area (Å²) in [5.41, 5.74) is 5.40. The molecule has 33 heavy (non-hydrogen) atoms. The lowest BCUT2D eigenvalue weighted by molar-refractivity contribution is -0.131. The molecule has 170 valence electrons. The maximum atomic E-state index is 12.6. The van der Waals surface area contributed by atoms with Gasteiger partial charge in [-0.2, -0.15) is 0 Å². The molecule has 0 fully saturated rings. The Hall–Kier alpha value is -3.89. The number of rotatable bonds is 6. The lowest BCUT2D eigenvalue weighted by Gasteiger charge is -2.25. The van der Waals surface area contributed by atoms with E-state index in [-0.39, 0.29) is 23.6 Å². The molecule has 3 aromatic carbocycles. The van der Waals surface area contributed by atoms with Crippen molar-refractivity contribution in [1.82, 2.24) is 15.6 Å². The summed E-state index contributed by atoms with van der Waals surface area (Å²) >= 11 is 0. The van der Waals surface area contributed by atoms with E-state index in [0.29, 0.717) is 11.5 Å². The van der Waals surface area contributed by atoms with Crippen LogP contribution in [0.3, 0.4) is 0 Å². The molecule has 0 spiro atoms. The normalized spacial score (nSPS) is 14.8. The van der Waals surface area contributed by atoms with Crippen LogP contribution in [0.15, 0.2) is 83.8 Å². The Balaban J connectivity index is 1.35. The molecule has 2 amide bonds. The van der Waals surface area contributed by atoms with Crippen LogP contribution in [0.1, 0.15) is 15.9 Å². The summed E-state index contributed by atoms with van der Waals surface area (Å²) in [6.07, 6.45) is -0.950. The number of carbonyl (C=O) groups excluding carboxylic acids is 2. The molecule has 3 N–H and O–H groups in total. The third kappa shape index (κ3) is 5.48. The number of para-hydroxylation sites is 2. The molecular weight excluding hydrogens is 446 g/mol. The van der Waals surface area contributed by atoms with Gasteiger partial charge in [-0.3, -0.25) is 20.4 Å². The van der Waals surface area contributed by atoms with Crippen molar-refractivity contribution in [2.24, 2.45) is 0 Å². The molecule has 1 aliphatic heterocycles. The quantitative estimate of drug-likeness (QED) is 0.475. The minimum absolute atomic E-state index is 0.0144. The van der Waals surface area contributed by atoms with E-state index in [2.05, 4.69) is 15.6 Å². The first-order valence-corrected chi connectivity index (χ1v) is 11.5. The highest BCUT2D eigenvalue weighted by atomic mass is 32.2. The largest absolute Gasteiger partial charge is 0.485 e. The van der Waals surface area contributed by atoms with Crippen LogP contribution in [-0.2, 0) is 21.4 Å². The molecule has 1 heterocycles. The van der Waals surface area contributed by atoms with Gasteiger partial charge in [0, 0.05) is 12.1 Å². The summed E-state index contributed by atoms with van der Waals surface area (Å²) < 4.78 is 38.8. The van der Waals surface area contributed by atoms with Gasteiger partial charge in [0.15, 0.2) is 11.5 Å². The smallest absolute Gasteiger partial charge is 0.283 e. The fraction of sp³-hybridized carbons (Fsp3) is 0.130. The Morgan fingerprint density at radius 2 is 1.61 bits per heavy atom. The van der Waals surface area contributed by atoms with Crippen molar-refractivity contribution >= 4 is 21.8 Å². The molecule has 0 bridgehead atoms. The standard InChI is InChI=1S/C23H21N3O6S/c27-22(25-26-23(28)21-15-31-19-11-4-5-12-20(19)32-21)17-9-6-10-18(13-17)33(29,30)24-14-16-7-2-1-3-8-16/h1-13,21,24H,14-15H2,(H,25,27)(H,26,28). The lowest BCUT2D eigenvalue weighted by atomic mass is 10.2. The van der Waals surface area contributed by atoms with Crippen molar-refractivity contribution in [3.63, 3.8) is 0 Å². The van der Waals surface area contributed by atoms with Crippen molar-refractivity contribution in [3.8, 4) is 11.5 Å². The maximum absolute atomic E-state index is 12.6. The highest BCUT2D eigenvalue weighted by Gasteiger charge is 2.27. The van der Waals surface area contributed by atoms with Gasteiger partial charge in [0.05, 0.1) is 4.90 Å². The van der Waals surface area contributed by atoms with Gasteiger partial charge < -0.3 is 9.47 Å². The number of benzene rings is 3. The first kappa shape index (κ1) is 22.3. The molecule has 0 radical (unpaired) electrons. The first-order valence-electron chi connectivity index (χ1n) is 10.0. The summed E-state index contributed by atoms with van der Waals surface area (Å²) in [6, 6.07) is 21.5. The number of sulfonamides is 1. The number of ether oxygens (including phenoxy) is 2. The van der Waals surface area contributed by atoms with Gasteiger partial charge >= 0.3 is 0 Å². The second-order valence-electron chi connectivity index (χ2n) is 7.15. The van der Waals surface area contributed by atoms with Gasteiger partial charge in [0.25, 0.3) is 11.8 Å². The van der Waals surface area contributed by atoms with Crippen molar-refractivity contribution < 1.29 is 27.5 Å². The highest BCUT2D eigenvalue weighted by molar-refractivity contribution is 7.89. The topological polar surface area (TPSA) is 123 Å². The molecular formula is C23H21N3O6S. The van der Waals surface area contributed by atoms with Crippen LogP contribution in [-0.4, -0.2) is 32.9 Å². The van der Waals surface area contributed by atoms with Crippen molar-refractivity contribution in [2.75, 3.05) is 6.61 Å². The zero-order valence-corrected chi connectivity index (χ0v) is 18.2. The fourth-order valence-corrected chi connectivity index (χ4v) is 4.14. The van der Waals surface area contributed by atoms with Crippen LogP contribution in [0.4, 0.5) is 0 Å². The average Bonchev–Trinajstić information content (AvgIpc) is 2.86. The SMILES string of the molecule is O=C(NNC(=O)C1COc2ccccc2O1)c1cccc(S(=O)(=O)NCc2ccccc2)c1. The third-order valence-corrected chi connectivity index (χ3v) is 6.21. The van der Waals surface area contributed by atoms with Crippen LogP contribution in [0, 0.1) is 0 Å². The monoisotopic (exact) mass is 467 g/mol. The molecule has 0 saturated heterocycles. The number of hydrogen-bond donors (Lipinski definition) is 3. The molecule has 9 nitrogen and oxygen atoms in total. The van der Waals surface area contributed by atoms with Gasteiger partial charge in [-0.25, -0.2) is 13.1 Å². The van der Waals surface area contributed by atoms with Crippen molar-refractivity contribution in [3.05, 3.63) is 90.0 Å². The van der Waals surface area contributed by atoms with E-state index in [4.69, 9.17) is 9.47 Å². The zero-order chi connectivity index (χ0) is 23.3. The van der Waals surface area contributed by atoms with Crippen molar-refractivity contribution in [1.29, 1.82) is 0 Å². The van der Waals surface area contributed by atoms with Gasteiger partial charge in [0.2, 0.25) is 16.1 Å². The number of hydrogen-bond acceptors (Lipinski definition) is 6. The molecule has 1 aliphatic rings. The highest BCUT2D eigenvalue weighted by Crippen LogP contribution is 2.30. The van der Waals surface area contributed by atoms with Gasteiger partial charge in [-0.1, -0.05) is 48.5 Å². The molecule has 10 heteroatoms. The van der Waals surface area contributed by atoms with E-state index in [1.54, 1.807) is 36.4 Å². The molecule has 1 unspecified atom stereocenters. The zero-order valence-electron chi connectivity index (χ0n) is 17.4. The van der Waals surface area contributed by atoms with E-state index in [9.17, 15) is 18.0 Å². The van der Waals surface area contributed by atoms with Crippen LogP contribution >= 0.6 is 0 Å². The number of amides is 2. The molecule has 0 saturated carbocycles. The minimum atomic E-state index is -3.85. The van der Waals surface area contributed by atoms with Gasteiger partial charge in [-0.15, -0.1) is 0 Å². The van der Waals surface area contributed by atoms with E-state index in [0.717, 1.165) is 5.56 Å². The van der Waals surface area contributed by atoms with E-state index in [1.807, 2.05) is 18.2 Å². The van der Waals surface area contributed by atoms with Crippen LogP contribution < -0.4 is 25.0 Å². The van der Waals surface area contributed by atoms with E-state index < -0.39 is 27.9 Å². The molecule has 0 aromatic heterocycles. The Bertz CT molecular complexity index is 1260. The van der Waals surface area contributed by atoms with E-state index >= 15 is 0 Å². The average molecular weight is 468 g/mol. The minimum Gasteiger partial charge on any atom is -0.485 e. The van der Waals surface area contributed by atoms with Crippen LogP contribution in [0.5, 0.6) is 11.5 Å². The van der Waals surface area contributed by atoms with Crippen LogP contribution in [0.2, 0.25) is 0 Å².